The summed E-state index contributed by atoms with van der Waals surface area (Å²) < 4.78 is 0. The lowest BCUT2D eigenvalue weighted by Gasteiger charge is -2.25. The zero-order chi connectivity index (χ0) is 14.0. The van der Waals surface area contributed by atoms with Crippen molar-refractivity contribution in [1.82, 2.24) is 9.97 Å². The van der Waals surface area contributed by atoms with Gasteiger partial charge in [0.1, 0.15) is 11.2 Å². The average Bonchev–Trinajstić information content (AvgIpc) is 2.79. The lowest BCUT2D eigenvalue weighted by atomic mass is 9.82. The van der Waals surface area contributed by atoms with Crippen molar-refractivity contribution < 1.29 is 14.7 Å². The maximum atomic E-state index is 11.9. The number of hydrogen-bond acceptors (Lipinski definition) is 3. The Morgan fingerprint density at radius 1 is 1.42 bits per heavy atom. The van der Waals surface area contributed by atoms with Crippen LogP contribution in [-0.2, 0) is 15.0 Å². The van der Waals surface area contributed by atoms with Crippen molar-refractivity contribution in [3.05, 3.63) is 30.1 Å². The van der Waals surface area contributed by atoms with Gasteiger partial charge in [0.25, 0.3) is 0 Å². The highest BCUT2D eigenvalue weighted by molar-refractivity contribution is 7.96. The zero-order valence-corrected chi connectivity index (χ0v) is 11.3. The highest BCUT2D eigenvalue weighted by atomic mass is 32.1. The quantitative estimate of drug-likeness (QED) is 0.732. The molecule has 100 valence electrons. The summed E-state index contributed by atoms with van der Waals surface area (Å²) in [4.78, 5) is 30.3. The first-order valence-corrected chi connectivity index (χ1v) is 6.35. The maximum Gasteiger partial charge on any atom is 0.304 e. The number of aromatic amines is 1. The molecule has 0 radical (unpaired) electrons. The molecule has 0 aliphatic carbocycles. The van der Waals surface area contributed by atoms with Crippen LogP contribution >= 0.6 is 12.6 Å². The summed E-state index contributed by atoms with van der Waals surface area (Å²) in [6.07, 6.45) is -0.00683. The van der Waals surface area contributed by atoms with Gasteiger partial charge in [0, 0.05) is 0 Å². The second-order valence-corrected chi connectivity index (χ2v) is 4.82. The SMILES string of the molecule is CCC(CC(=O)O)(C(=O)S)c1nc2ccccc2[nH]1. The Bertz CT molecular complexity index is 605. The Morgan fingerprint density at radius 3 is 2.63 bits per heavy atom. The molecule has 19 heavy (non-hydrogen) atoms. The smallest absolute Gasteiger partial charge is 0.304 e. The number of imidazole rings is 1. The fraction of sp³-hybridized carbons (Fsp3) is 0.308. The van der Waals surface area contributed by atoms with Crippen LogP contribution in [0, 0.1) is 0 Å². The summed E-state index contributed by atoms with van der Waals surface area (Å²) in [5.74, 6) is -0.691. The van der Waals surface area contributed by atoms with Gasteiger partial charge in [0.15, 0.2) is 5.12 Å². The van der Waals surface area contributed by atoms with Crippen LogP contribution in [0.5, 0.6) is 0 Å². The Morgan fingerprint density at radius 2 is 2.11 bits per heavy atom. The molecule has 2 aromatic rings. The molecule has 1 unspecified atom stereocenters. The van der Waals surface area contributed by atoms with E-state index in [2.05, 4.69) is 22.6 Å². The van der Waals surface area contributed by atoms with Gasteiger partial charge < -0.3 is 10.1 Å². The molecular formula is C13H14N2O3S. The molecule has 1 atom stereocenters. The number of carboxylic acids is 1. The Kier molecular flexibility index (Phi) is 3.61. The van der Waals surface area contributed by atoms with Crippen LogP contribution in [0.25, 0.3) is 11.0 Å². The van der Waals surface area contributed by atoms with Crippen LogP contribution in [0.15, 0.2) is 24.3 Å². The van der Waals surface area contributed by atoms with Gasteiger partial charge in [0.2, 0.25) is 0 Å². The van der Waals surface area contributed by atoms with Crippen LogP contribution in [-0.4, -0.2) is 26.2 Å². The first-order valence-electron chi connectivity index (χ1n) is 5.90. The van der Waals surface area contributed by atoms with E-state index in [9.17, 15) is 9.59 Å². The summed E-state index contributed by atoms with van der Waals surface area (Å²) in [7, 11) is 0. The molecule has 0 saturated heterocycles. The van der Waals surface area contributed by atoms with Crippen molar-refractivity contribution >= 4 is 34.7 Å². The van der Waals surface area contributed by atoms with Gasteiger partial charge in [0.05, 0.1) is 17.5 Å². The third kappa shape index (κ3) is 2.35. The second-order valence-electron chi connectivity index (χ2n) is 4.41. The molecule has 0 aliphatic rings. The van der Waals surface area contributed by atoms with E-state index in [-0.39, 0.29) is 6.42 Å². The number of fused-ring (bicyclic) bond motifs is 1. The molecule has 1 heterocycles. The number of rotatable bonds is 5. The van der Waals surface area contributed by atoms with Crippen LogP contribution < -0.4 is 0 Å². The van der Waals surface area contributed by atoms with Crippen LogP contribution in [0.3, 0.4) is 0 Å². The minimum Gasteiger partial charge on any atom is -0.481 e. The maximum absolute atomic E-state index is 11.9. The molecule has 0 saturated carbocycles. The minimum atomic E-state index is -1.21. The van der Waals surface area contributed by atoms with Crippen molar-refractivity contribution in [2.24, 2.45) is 0 Å². The summed E-state index contributed by atoms with van der Waals surface area (Å²) in [6, 6.07) is 7.31. The van der Waals surface area contributed by atoms with E-state index in [4.69, 9.17) is 5.11 Å². The van der Waals surface area contributed by atoms with E-state index in [1.54, 1.807) is 13.0 Å². The molecule has 5 nitrogen and oxygen atoms in total. The predicted octanol–water partition coefficient (Wildman–Crippen LogP) is 2.14. The summed E-state index contributed by atoms with van der Waals surface area (Å²) in [6.45, 7) is 1.75. The fourth-order valence-electron chi connectivity index (χ4n) is 2.14. The molecule has 0 spiro atoms. The highest BCUT2D eigenvalue weighted by Gasteiger charge is 2.41. The number of carbonyl (C=O) groups is 2. The summed E-state index contributed by atoms with van der Waals surface area (Å²) in [5, 5.41) is 8.55. The number of aliphatic carboxylic acids is 1. The molecule has 0 bridgehead atoms. The number of benzene rings is 1. The van der Waals surface area contributed by atoms with Crippen molar-refractivity contribution in [1.29, 1.82) is 0 Å². The van der Waals surface area contributed by atoms with Crippen LogP contribution in [0.2, 0.25) is 0 Å². The number of para-hydroxylation sites is 2. The van der Waals surface area contributed by atoms with E-state index in [0.717, 1.165) is 5.52 Å². The van der Waals surface area contributed by atoms with Gasteiger partial charge in [-0.1, -0.05) is 19.1 Å². The lowest BCUT2D eigenvalue weighted by molar-refractivity contribution is -0.140. The van der Waals surface area contributed by atoms with Crippen molar-refractivity contribution in [3.8, 4) is 0 Å². The highest BCUT2D eigenvalue weighted by Crippen LogP contribution is 2.33. The lowest BCUT2D eigenvalue weighted by Crippen LogP contribution is -2.36. The molecule has 2 N–H and O–H groups in total. The predicted molar refractivity (Wildman–Crippen MR) is 74.3 cm³/mol. The molecule has 1 aromatic carbocycles. The van der Waals surface area contributed by atoms with Gasteiger partial charge >= 0.3 is 5.97 Å². The number of carbonyl (C=O) groups excluding carboxylic acids is 1. The van der Waals surface area contributed by atoms with Gasteiger partial charge in [-0.2, -0.15) is 0 Å². The Balaban J connectivity index is 2.59. The van der Waals surface area contributed by atoms with E-state index in [0.29, 0.717) is 17.8 Å². The number of H-pyrrole nitrogens is 1. The average molecular weight is 278 g/mol. The molecule has 1 aromatic heterocycles. The third-order valence-corrected chi connectivity index (χ3v) is 3.74. The summed E-state index contributed by atoms with van der Waals surface area (Å²) >= 11 is 3.86. The second kappa shape index (κ2) is 5.05. The monoisotopic (exact) mass is 278 g/mol. The topological polar surface area (TPSA) is 83.0 Å². The summed E-state index contributed by atoms with van der Waals surface area (Å²) in [5.41, 5.74) is 0.263. The number of nitrogens with zero attached hydrogens (tertiary/aromatic N) is 1. The first kappa shape index (κ1) is 13.6. The van der Waals surface area contributed by atoms with Crippen molar-refractivity contribution in [2.75, 3.05) is 0 Å². The van der Waals surface area contributed by atoms with E-state index >= 15 is 0 Å². The van der Waals surface area contributed by atoms with E-state index < -0.39 is 16.5 Å². The van der Waals surface area contributed by atoms with Gasteiger partial charge in [-0.3, -0.25) is 9.59 Å². The number of nitrogens with one attached hydrogen (secondary N) is 1. The third-order valence-electron chi connectivity index (χ3n) is 3.31. The van der Waals surface area contributed by atoms with Gasteiger partial charge in [-0.15, -0.1) is 12.6 Å². The van der Waals surface area contributed by atoms with Gasteiger partial charge in [-0.25, -0.2) is 4.98 Å². The van der Waals surface area contributed by atoms with Crippen LogP contribution in [0.4, 0.5) is 0 Å². The van der Waals surface area contributed by atoms with Crippen molar-refractivity contribution in [3.63, 3.8) is 0 Å². The van der Waals surface area contributed by atoms with Crippen LogP contribution in [0.1, 0.15) is 25.6 Å². The molecule has 6 heteroatoms. The Hall–Kier alpha value is -1.82. The minimum absolute atomic E-state index is 0.321. The van der Waals surface area contributed by atoms with E-state index in [1.165, 1.54) is 0 Å². The number of carboxylic acid groups (broad SMARTS) is 1. The number of hydrogen-bond donors (Lipinski definition) is 3. The molecule has 2 rings (SSSR count). The fourth-order valence-corrected chi connectivity index (χ4v) is 2.48. The zero-order valence-electron chi connectivity index (χ0n) is 10.4. The normalized spacial score (nSPS) is 14.2. The Labute approximate surface area is 115 Å². The van der Waals surface area contributed by atoms with Crippen molar-refractivity contribution in [2.45, 2.75) is 25.2 Å². The molecule has 0 amide bonds. The van der Waals surface area contributed by atoms with E-state index in [1.807, 2.05) is 18.2 Å². The number of aromatic nitrogens is 2. The largest absolute Gasteiger partial charge is 0.481 e. The van der Waals surface area contributed by atoms with Gasteiger partial charge in [-0.05, 0) is 18.6 Å². The first-order chi connectivity index (χ1) is 8.99. The molecule has 0 aliphatic heterocycles. The molecular weight excluding hydrogens is 264 g/mol. The number of thiol groups is 1. The standard InChI is InChI=1S/C13H14N2O3S/c1-2-13(12(18)19,7-10(16)17)11-14-8-5-3-4-6-9(8)15-11/h3-6H,2,7H2,1H3,(H,14,15)(H,16,17)(H,18,19). The molecule has 0 fully saturated rings.